The van der Waals surface area contributed by atoms with Crippen molar-refractivity contribution in [1.82, 2.24) is 9.80 Å². The molecule has 0 rings (SSSR count). The smallest absolute Gasteiger partial charge is 0.334 e. The second-order valence-electron chi connectivity index (χ2n) is 5.95. The normalized spacial score (nSPS) is 11.4. The van der Waals surface area contributed by atoms with Crippen LogP contribution in [0, 0.1) is 0 Å². The number of nitrogens with zero attached hydrogens (tertiary/aromatic N) is 2. The maximum absolute atomic E-state index is 11.3. The van der Waals surface area contributed by atoms with E-state index in [4.69, 9.17) is 44.6 Å². The Morgan fingerprint density at radius 1 is 0.486 bits per heavy atom. The summed E-state index contributed by atoms with van der Waals surface area (Å²) in [6.45, 7) is -3.71. The summed E-state index contributed by atoms with van der Waals surface area (Å²) in [5.41, 5.74) is 30.1. The Morgan fingerprint density at radius 2 is 0.686 bits per heavy atom. The van der Waals surface area contributed by atoms with Crippen LogP contribution in [0.2, 0.25) is 0 Å². The number of carbonyl (C=O) groups is 8. The van der Waals surface area contributed by atoms with Gasteiger partial charge in [0, 0.05) is 27.3 Å². The molecule has 4 amide bonds. The molecule has 194 valence electrons. The van der Waals surface area contributed by atoms with E-state index in [-0.39, 0.29) is 37.1 Å². The van der Waals surface area contributed by atoms with Crippen molar-refractivity contribution in [3.05, 3.63) is 0 Å². The molecule has 14 N–H and O–H groups in total. The summed E-state index contributed by atoms with van der Waals surface area (Å²) < 4.78 is 0. The number of hydrogen-bond acceptors (Lipinski definition) is 14. The van der Waals surface area contributed by atoms with Gasteiger partial charge in [-0.1, -0.05) is 0 Å². The second-order valence-corrected chi connectivity index (χ2v) is 5.95. The van der Waals surface area contributed by atoms with E-state index >= 15 is 0 Å². The molecule has 0 aromatic rings. The van der Waals surface area contributed by atoms with E-state index in [0.29, 0.717) is 0 Å². The zero-order chi connectivity index (χ0) is 27.2. The number of aliphatic carboxylic acids is 2. The Morgan fingerprint density at radius 3 is 0.800 bits per heavy atom. The van der Waals surface area contributed by atoms with Crippen LogP contribution in [0.15, 0.2) is 0 Å². The summed E-state index contributed by atoms with van der Waals surface area (Å²) in [5.74, 6) is -9.32. The van der Waals surface area contributed by atoms with Crippen LogP contribution in [0.3, 0.4) is 0 Å². The third kappa shape index (κ3) is 11.0. The topological polar surface area (TPSA) is 340 Å². The van der Waals surface area contributed by atoms with Crippen molar-refractivity contribution in [3.63, 3.8) is 0 Å². The van der Waals surface area contributed by atoms with Crippen molar-refractivity contribution in [2.24, 2.45) is 34.4 Å². The van der Waals surface area contributed by atoms with Crippen molar-refractivity contribution in [1.29, 1.82) is 0 Å². The number of amides is 4. The van der Waals surface area contributed by atoms with Crippen molar-refractivity contribution >= 4 is 47.1 Å². The first kappa shape index (κ1) is 36.8. The standard InChI is InChI=1S/2C8H14N4O5.Cd/c2*9-1-4(13)7(8(16)17)12(5(14)2-10)6(15)3-11;/h2*7H,1-3,9-11H2,(H,16,17);. The molecule has 0 aliphatic heterocycles. The van der Waals surface area contributed by atoms with Crippen molar-refractivity contribution in [2.75, 3.05) is 39.3 Å². The molecule has 35 heavy (non-hydrogen) atoms. The molecule has 2 unspecified atom stereocenters. The summed E-state index contributed by atoms with van der Waals surface area (Å²) in [6.07, 6.45) is 0. The predicted octanol–water partition coefficient (Wildman–Crippen LogP) is -7.52. The average Bonchev–Trinajstić information content (AvgIpc) is 2.82. The maximum atomic E-state index is 11.3. The third-order valence-corrected chi connectivity index (χ3v) is 3.77. The fourth-order valence-electron chi connectivity index (χ4n) is 2.26. The molecule has 0 bridgehead atoms. The number of hydrogen-bond donors (Lipinski definition) is 8. The number of ketones is 2. The largest absolute Gasteiger partial charge is 0.479 e. The summed E-state index contributed by atoms with van der Waals surface area (Å²) in [6, 6.07) is -3.96. The first-order chi connectivity index (χ1) is 15.8. The Kier molecular flexibility index (Phi) is 19.5. The van der Waals surface area contributed by atoms with E-state index in [1.165, 1.54) is 0 Å². The van der Waals surface area contributed by atoms with Gasteiger partial charge in [0.15, 0.2) is 23.7 Å². The van der Waals surface area contributed by atoms with Gasteiger partial charge in [-0.25, -0.2) is 9.59 Å². The minimum Gasteiger partial charge on any atom is -0.479 e. The molecular formula is C16H28CdN8O10. The number of carboxylic acids is 2. The molecular weight excluding hydrogens is 577 g/mol. The van der Waals surface area contributed by atoms with E-state index in [2.05, 4.69) is 0 Å². The molecule has 0 fully saturated rings. The number of Topliss-reactive ketones (excluding diaryl/α,β-unsaturated/α-hetero) is 2. The van der Waals surface area contributed by atoms with Gasteiger partial charge in [-0.2, -0.15) is 0 Å². The molecule has 0 aliphatic rings. The zero-order valence-electron chi connectivity index (χ0n) is 18.6. The number of imide groups is 2. The van der Waals surface area contributed by atoms with Crippen LogP contribution in [0.1, 0.15) is 0 Å². The predicted molar refractivity (Wildman–Crippen MR) is 111 cm³/mol. The van der Waals surface area contributed by atoms with Crippen molar-refractivity contribution < 1.29 is 75.9 Å². The van der Waals surface area contributed by atoms with Gasteiger partial charge in [-0.05, 0) is 0 Å². The van der Waals surface area contributed by atoms with E-state index in [1.807, 2.05) is 0 Å². The molecule has 0 saturated carbocycles. The minimum absolute atomic E-state index is 0. The van der Waals surface area contributed by atoms with Crippen LogP contribution >= 0.6 is 0 Å². The third-order valence-electron chi connectivity index (χ3n) is 3.77. The minimum atomic E-state index is -1.98. The van der Waals surface area contributed by atoms with Gasteiger partial charge in [-0.3, -0.25) is 38.6 Å². The van der Waals surface area contributed by atoms with Gasteiger partial charge in [0.05, 0.1) is 39.3 Å². The average molecular weight is 605 g/mol. The van der Waals surface area contributed by atoms with Gasteiger partial charge < -0.3 is 44.6 Å². The molecule has 0 saturated heterocycles. The Balaban J connectivity index is -0.000000569. The van der Waals surface area contributed by atoms with Gasteiger partial charge >= 0.3 is 11.9 Å². The molecule has 0 aliphatic carbocycles. The number of nitrogens with two attached hydrogens (primary N) is 6. The van der Waals surface area contributed by atoms with Gasteiger partial charge in [0.25, 0.3) is 0 Å². The van der Waals surface area contributed by atoms with Gasteiger partial charge in [0.2, 0.25) is 23.6 Å². The Hall–Kier alpha value is -2.76. The number of rotatable bonds is 12. The van der Waals surface area contributed by atoms with Crippen LogP contribution in [-0.4, -0.2) is 118 Å². The molecule has 19 heteroatoms. The molecule has 2 atom stereocenters. The number of carboxylic acid groups (broad SMARTS) is 2. The Labute approximate surface area is 218 Å². The maximum Gasteiger partial charge on any atom is 0.334 e. The fraction of sp³-hybridized carbons (Fsp3) is 0.500. The van der Waals surface area contributed by atoms with E-state index < -0.39 is 98.5 Å². The molecule has 0 aromatic heterocycles. The van der Waals surface area contributed by atoms with Crippen LogP contribution < -0.4 is 34.4 Å². The van der Waals surface area contributed by atoms with E-state index in [9.17, 15) is 38.4 Å². The van der Waals surface area contributed by atoms with Crippen LogP contribution in [0.5, 0.6) is 0 Å². The quantitative estimate of drug-likeness (QED) is 0.0756. The summed E-state index contributed by atoms with van der Waals surface area (Å²) in [5, 5.41) is 17.7. The van der Waals surface area contributed by atoms with Crippen LogP contribution in [0.4, 0.5) is 0 Å². The van der Waals surface area contributed by atoms with Gasteiger partial charge in [-0.15, -0.1) is 0 Å². The number of carbonyl (C=O) groups excluding carboxylic acids is 6. The summed E-state index contributed by atoms with van der Waals surface area (Å²) >= 11 is 0. The SMILES string of the molecule is NCC(=O)C(C(=O)O)N(C(=O)CN)C(=O)CN.NCC(=O)C(C(=O)O)N(C(=O)CN)C(=O)CN.[Cd]. The van der Waals surface area contributed by atoms with Gasteiger partial charge in [0.1, 0.15) is 0 Å². The molecule has 18 nitrogen and oxygen atoms in total. The van der Waals surface area contributed by atoms with Crippen LogP contribution in [0.25, 0.3) is 0 Å². The molecule has 0 radical (unpaired) electrons. The second kappa shape index (κ2) is 18.6. The molecule has 0 aromatic carbocycles. The summed E-state index contributed by atoms with van der Waals surface area (Å²) in [7, 11) is 0. The Bertz CT molecular complexity index is 726. The molecule has 0 heterocycles. The monoisotopic (exact) mass is 606 g/mol. The first-order valence-corrected chi connectivity index (χ1v) is 9.22. The van der Waals surface area contributed by atoms with Crippen molar-refractivity contribution in [3.8, 4) is 0 Å². The first-order valence-electron chi connectivity index (χ1n) is 9.22. The summed E-state index contributed by atoms with van der Waals surface area (Å²) in [4.78, 5) is 90.2. The van der Waals surface area contributed by atoms with E-state index in [0.717, 1.165) is 0 Å². The zero-order valence-corrected chi connectivity index (χ0v) is 22.7. The van der Waals surface area contributed by atoms with E-state index in [1.54, 1.807) is 0 Å². The van der Waals surface area contributed by atoms with Crippen LogP contribution in [-0.2, 0) is 65.7 Å². The van der Waals surface area contributed by atoms with Crippen molar-refractivity contribution in [2.45, 2.75) is 12.1 Å². The molecule has 0 spiro atoms. The fourth-order valence-corrected chi connectivity index (χ4v) is 2.26.